The van der Waals surface area contributed by atoms with Crippen LogP contribution in [0.5, 0.6) is 0 Å². The Morgan fingerprint density at radius 3 is 0.833 bits per heavy atom. The summed E-state index contributed by atoms with van der Waals surface area (Å²) in [6.45, 7) is 0. The van der Waals surface area contributed by atoms with E-state index in [1.165, 1.54) is 0 Å². The molecule has 0 aromatic carbocycles. The van der Waals surface area contributed by atoms with Crippen LogP contribution in [0.15, 0.2) is 0 Å². The van der Waals surface area contributed by atoms with E-state index in [9.17, 15) is 0 Å². The Kier molecular flexibility index (Phi) is 5.22. The van der Waals surface area contributed by atoms with Crippen LogP contribution >= 0.6 is 0 Å². The summed E-state index contributed by atoms with van der Waals surface area (Å²) in [5.74, 6) is 0. The average molecular weight is 336 g/mol. The Morgan fingerprint density at radius 2 is 0.833 bits per heavy atom. The maximum Gasteiger partial charge on any atom is 4.00 e. The Balaban J connectivity index is 0. The molecule has 0 radical (unpaired) electrons. The summed E-state index contributed by atoms with van der Waals surface area (Å²) in [7, 11) is -5.61. The normalized spacial score (nSPS) is 10.0. The number of hydrogen-bond donors (Lipinski definition) is 0. The van der Waals surface area contributed by atoms with Crippen LogP contribution in [-0.4, -0.2) is 9.05 Å². The van der Waals surface area contributed by atoms with Gasteiger partial charge in [0.25, 0.3) is 0 Å². The van der Waals surface area contributed by atoms with E-state index in [1.54, 1.807) is 0 Å². The van der Waals surface area contributed by atoms with Crippen molar-refractivity contribution in [3.05, 3.63) is 0 Å². The molecule has 0 aromatic rings. The molecular formula is O4PuSi. The number of hydrogen-bond acceptors (Lipinski definition) is 4. The largest absolute Gasteiger partial charge is 4.00 e. The van der Waals surface area contributed by atoms with Crippen molar-refractivity contribution in [3.63, 3.8) is 0 Å². The van der Waals surface area contributed by atoms with Crippen molar-refractivity contribution >= 4 is 9.05 Å². The molecule has 0 unspecified atom stereocenters. The van der Waals surface area contributed by atoms with Crippen molar-refractivity contribution < 1.29 is 48.4 Å². The van der Waals surface area contributed by atoms with Crippen LogP contribution < -0.4 is 19.2 Å². The van der Waals surface area contributed by atoms with Gasteiger partial charge in [-0.15, -0.1) is 0 Å². The molecule has 0 aliphatic carbocycles. The Bertz CT molecular complexity index is 23.0. The van der Waals surface area contributed by atoms with Crippen LogP contribution in [-0.2, 0) is 0 Å². The molecule has 34 valence electrons. The first kappa shape index (κ1) is 10.1. The molecule has 0 atom stereocenters. The molecule has 0 amide bonds. The Morgan fingerprint density at radius 1 is 0.833 bits per heavy atom. The molecule has 0 saturated heterocycles. The zero-order valence-corrected chi connectivity index (χ0v) is 6.94. The minimum absolute atomic E-state index is 0. The van der Waals surface area contributed by atoms with E-state index in [2.05, 4.69) is 0 Å². The van der Waals surface area contributed by atoms with Gasteiger partial charge >= 0.3 is 29.2 Å². The third-order valence-corrected chi connectivity index (χ3v) is 0. The van der Waals surface area contributed by atoms with Gasteiger partial charge in [-0.3, -0.25) is 0 Å². The molecular weight excluding hydrogens is 336 g/mol. The minimum atomic E-state index is -5.61. The molecule has 0 heterocycles. The van der Waals surface area contributed by atoms with Crippen LogP contribution in [0.25, 0.3) is 0 Å². The Labute approximate surface area is 57.5 Å². The molecule has 4 nitrogen and oxygen atoms in total. The number of rotatable bonds is 0. The van der Waals surface area contributed by atoms with Crippen molar-refractivity contribution in [1.29, 1.82) is 0 Å². The maximum absolute atomic E-state index is 8.58. The fraction of sp³-hybridized carbons (Fsp3) is 0. The first-order chi connectivity index (χ1) is 2.00. The zero-order chi connectivity index (χ0) is 4.50. The minimum Gasteiger partial charge on any atom is -0.894 e. The van der Waals surface area contributed by atoms with Crippen molar-refractivity contribution in [3.8, 4) is 0 Å². The quantitative estimate of drug-likeness (QED) is 0.414. The van der Waals surface area contributed by atoms with Crippen molar-refractivity contribution in [1.82, 2.24) is 0 Å². The van der Waals surface area contributed by atoms with Gasteiger partial charge in [-0.1, -0.05) is 0 Å². The first-order valence-electron chi connectivity index (χ1n) is 0.816. The first-order valence-corrected chi connectivity index (χ1v) is 2.45. The van der Waals surface area contributed by atoms with Gasteiger partial charge in [0, 0.05) is 0 Å². The zero-order valence-electron chi connectivity index (χ0n) is 2.54. The van der Waals surface area contributed by atoms with E-state index in [0.717, 1.165) is 0 Å². The monoisotopic (exact) mass is 330 g/mol. The molecule has 0 saturated carbocycles. The molecule has 0 aliphatic heterocycles. The molecule has 6 heavy (non-hydrogen) atoms. The summed E-state index contributed by atoms with van der Waals surface area (Å²) < 4.78 is 0. The summed E-state index contributed by atoms with van der Waals surface area (Å²) in [6.07, 6.45) is 0. The third kappa shape index (κ3) is 75.7. The molecule has 0 bridgehead atoms. The second kappa shape index (κ2) is 3.10. The van der Waals surface area contributed by atoms with Crippen molar-refractivity contribution in [2.45, 2.75) is 0 Å². The van der Waals surface area contributed by atoms with Crippen molar-refractivity contribution in [2.24, 2.45) is 0 Å². The molecule has 0 rings (SSSR count). The molecule has 6 heteroatoms. The van der Waals surface area contributed by atoms with E-state index in [1.807, 2.05) is 0 Å². The van der Waals surface area contributed by atoms with Crippen molar-refractivity contribution in [2.75, 3.05) is 0 Å². The van der Waals surface area contributed by atoms with Gasteiger partial charge in [0.1, 0.15) is 0 Å². The maximum atomic E-state index is 8.58. The summed E-state index contributed by atoms with van der Waals surface area (Å²) in [5, 5.41) is 0. The molecule has 0 N–H and O–H groups in total. The van der Waals surface area contributed by atoms with E-state index in [4.69, 9.17) is 19.2 Å². The van der Waals surface area contributed by atoms with Gasteiger partial charge in [-0.25, -0.2) is 0 Å². The van der Waals surface area contributed by atoms with Crippen LogP contribution in [0.3, 0.4) is 0 Å². The smallest absolute Gasteiger partial charge is 0.894 e. The predicted molar refractivity (Wildman–Crippen MR) is 5.75 cm³/mol. The van der Waals surface area contributed by atoms with Crippen LogP contribution in [0, 0.1) is 29.2 Å². The average Bonchev–Trinajstić information content (AvgIpc) is 0.722. The summed E-state index contributed by atoms with van der Waals surface area (Å²) in [6, 6.07) is 0. The second-order valence-corrected chi connectivity index (χ2v) is 1.50. The molecule has 0 fully saturated rings. The van der Waals surface area contributed by atoms with Crippen LogP contribution in [0.4, 0.5) is 0 Å². The predicted octanol–water partition coefficient (Wildman–Crippen LogP) is -5.14. The van der Waals surface area contributed by atoms with Crippen LogP contribution in [0.2, 0.25) is 0 Å². The van der Waals surface area contributed by atoms with Gasteiger partial charge in [0.15, 0.2) is 0 Å². The summed E-state index contributed by atoms with van der Waals surface area (Å²) in [4.78, 5) is 34.3. The fourth-order valence-electron chi connectivity index (χ4n) is 0. The topological polar surface area (TPSA) is 92.2 Å². The van der Waals surface area contributed by atoms with E-state index < -0.39 is 9.05 Å². The van der Waals surface area contributed by atoms with Gasteiger partial charge < -0.3 is 28.2 Å². The van der Waals surface area contributed by atoms with E-state index in [-0.39, 0.29) is 29.2 Å². The molecule has 0 spiro atoms. The summed E-state index contributed by atoms with van der Waals surface area (Å²) >= 11 is 0. The second-order valence-electron chi connectivity index (χ2n) is 0.500. The third-order valence-electron chi connectivity index (χ3n) is 0. The van der Waals surface area contributed by atoms with Gasteiger partial charge in [-0.05, 0) is 0 Å². The summed E-state index contributed by atoms with van der Waals surface area (Å²) in [5.41, 5.74) is 0. The van der Waals surface area contributed by atoms with E-state index in [0.29, 0.717) is 0 Å². The fourth-order valence-corrected chi connectivity index (χ4v) is 0. The van der Waals surface area contributed by atoms with Gasteiger partial charge in [-0.2, -0.15) is 0 Å². The van der Waals surface area contributed by atoms with Gasteiger partial charge in [0.2, 0.25) is 0 Å². The molecule has 0 aromatic heterocycles. The van der Waals surface area contributed by atoms with E-state index >= 15 is 0 Å². The van der Waals surface area contributed by atoms with Gasteiger partial charge in [0.05, 0.1) is 0 Å². The standard InChI is InChI=1S/O4Si.Pu/c1-5(2,3)4;/q-4;+4. The van der Waals surface area contributed by atoms with Crippen LogP contribution in [0.1, 0.15) is 0 Å². The molecule has 0 aliphatic rings. The Hall–Kier alpha value is 1.04. The SMILES string of the molecule is [O-][Si]([O-])([O-])[O-].[Pu+4].